The van der Waals surface area contributed by atoms with Crippen LogP contribution in [0.15, 0.2) is 54.7 Å². The van der Waals surface area contributed by atoms with E-state index in [0.717, 1.165) is 54.7 Å². The number of hydrogen-bond acceptors (Lipinski definition) is 5. The summed E-state index contributed by atoms with van der Waals surface area (Å²) in [6, 6.07) is 17.9. The van der Waals surface area contributed by atoms with Crippen molar-refractivity contribution in [1.29, 1.82) is 0 Å². The van der Waals surface area contributed by atoms with Crippen molar-refractivity contribution < 1.29 is 19.4 Å². The highest BCUT2D eigenvalue weighted by molar-refractivity contribution is 5.71. The Morgan fingerprint density at radius 1 is 1.00 bits per heavy atom. The zero-order valence-corrected chi connectivity index (χ0v) is 25.3. The van der Waals surface area contributed by atoms with E-state index in [2.05, 4.69) is 74.0 Å². The van der Waals surface area contributed by atoms with Gasteiger partial charge >= 0.3 is 5.97 Å². The fourth-order valence-electron chi connectivity index (χ4n) is 6.49. The molecule has 1 aromatic heterocycles. The molecule has 218 valence electrons. The molecule has 1 N–H and O–H groups in total. The Morgan fingerprint density at radius 2 is 1.73 bits per heavy atom. The van der Waals surface area contributed by atoms with Gasteiger partial charge in [-0.15, -0.1) is 0 Å². The molecular weight excluding hydrogens is 512 g/mol. The van der Waals surface area contributed by atoms with Crippen LogP contribution in [0.25, 0.3) is 11.1 Å². The molecule has 0 spiro atoms. The van der Waals surface area contributed by atoms with Crippen molar-refractivity contribution in [2.75, 3.05) is 7.11 Å². The lowest BCUT2D eigenvalue weighted by atomic mass is 9.82. The minimum absolute atomic E-state index is 0.0274. The highest BCUT2D eigenvalue weighted by atomic mass is 16.5. The van der Waals surface area contributed by atoms with Crippen LogP contribution in [-0.2, 0) is 17.8 Å². The van der Waals surface area contributed by atoms with Gasteiger partial charge in [0, 0.05) is 30.9 Å². The third kappa shape index (κ3) is 6.43. The Balaban J connectivity index is 1.49. The number of aryl methyl sites for hydroxylation is 1. The zero-order valence-electron chi connectivity index (χ0n) is 25.3. The van der Waals surface area contributed by atoms with Crippen LogP contribution in [-0.4, -0.2) is 40.2 Å². The van der Waals surface area contributed by atoms with Gasteiger partial charge in [-0.1, -0.05) is 31.2 Å². The molecule has 2 aliphatic rings. The van der Waals surface area contributed by atoms with Gasteiger partial charge in [0.2, 0.25) is 5.88 Å². The zero-order chi connectivity index (χ0) is 29.3. The molecule has 3 aromatic rings. The third-order valence-corrected chi connectivity index (χ3v) is 8.93. The summed E-state index contributed by atoms with van der Waals surface area (Å²) in [5.74, 6) is 0.838. The average Bonchev–Trinajstić information content (AvgIpc) is 3.80. The summed E-state index contributed by atoms with van der Waals surface area (Å²) in [5, 5.41) is 9.79. The summed E-state index contributed by atoms with van der Waals surface area (Å²) in [4.78, 5) is 18.7. The molecule has 1 aliphatic heterocycles. The second-order valence-corrected chi connectivity index (χ2v) is 12.4. The molecule has 5 rings (SSSR count). The quantitative estimate of drug-likeness (QED) is 0.261. The van der Waals surface area contributed by atoms with E-state index in [1.54, 1.807) is 13.3 Å². The molecule has 1 aliphatic carbocycles. The largest absolute Gasteiger partial charge is 0.485 e. The first-order valence-electron chi connectivity index (χ1n) is 15.1. The minimum Gasteiger partial charge on any atom is -0.485 e. The second kappa shape index (κ2) is 12.2. The Bertz CT molecular complexity index is 1370. The van der Waals surface area contributed by atoms with Gasteiger partial charge in [0.15, 0.2) is 0 Å². The summed E-state index contributed by atoms with van der Waals surface area (Å²) in [7, 11) is 1.64. The Hall–Kier alpha value is -3.38. The van der Waals surface area contributed by atoms with Crippen molar-refractivity contribution in [2.24, 2.45) is 11.8 Å². The van der Waals surface area contributed by atoms with E-state index in [9.17, 15) is 9.90 Å². The highest BCUT2D eigenvalue weighted by Gasteiger charge is 2.39. The van der Waals surface area contributed by atoms with Gasteiger partial charge < -0.3 is 14.6 Å². The Morgan fingerprint density at radius 3 is 2.39 bits per heavy atom. The number of benzene rings is 2. The van der Waals surface area contributed by atoms with E-state index < -0.39 is 11.9 Å². The van der Waals surface area contributed by atoms with Crippen molar-refractivity contribution in [3.8, 4) is 22.8 Å². The van der Waals surface area contributed by atoms with E-state index >= 15 is 0 Å². The third-order valence-electron chi connectivity index (χ3n) is 8.93. The first kappa shape index (κ1) is 29.1. The number of nitrogens with zero attached hydrogens (tertiary/aromatic N) is 2. The maximum Gasteiger partial charge on any atom is 0.306 e. The number of carbonyl (C=O) groups is 1. The normalized spacial score (nSPS) is 18.2. The van der Waals surface area contributed by atoms with Crippen molar-refractivity contribution >= 4 is 5.97 Å². The van der Waals surface area contributed by atoms with Gasteiger partial charge in [0.25, 0.3) is 0 Å². The second-order valence-electron chi connectivity index (χ2n) is 12.4. The van der Waals surface area contributed by atoms with Crippen molar-refractivity contribution in [2.45, 2.75) is 91.0 Å². The smallest absolute Gasteiger partial charge is 0.306 e. The van der Waals surface area contributed by atoms with Crippen molar-refractivity contribution in [3.05, 3.63) is 77.0 Å². The molecule has 1 fully saturated rings. The lowest BCUT2D eigenvalue weighted by Crippen LogP contribution is -2.36. The number of rotatable bonds is 11. The minimum atomic E-state index is -0.727. The van der Waals surface area contributed by atoms with Crippen LogP contribution in [0.2, 0.25) is 0 Å². The number of hydrogen-bond donors (Lipinski definition) is 1. The molecule has 0 amide bonds. The number of carboxylic acids is 1. The SMILES string of the molecule is COc1cc(-c2ccc(C3CCc4ccc(C(C5CC5)[C@H](C)C(=O)O)cc4O3)c(CN(C(C)C)C(C)C)c2)ccn1. The predicted molar refractivity (Wildman–Crippen MR) is 162 cm³/mol. The fraction of sp³-hybridized carbons (Fsp3) is 0.486. The topological polar surface area (TPSA) is 71.9 Å². The monoisotopic (exact) mass is 556 g/mol. The van der Waals surface area contributed by atoms with Gasteiger partial charge in [-0.3, -0.25) is 9.69 Å². The molecule has 1 saturated carbocycles. The fourth-order valence-corrected chi connectivity index (χ4v) is 6.49. The number of fused-ring (bicyclic) bond motifs is 1. The number of pyridine rings is 1. The van der Waals surface area contributed by atoms with Crippen LogP contribution < -0.4 is 9.47 Å². The van der Waals surface area contributed by atoms with Crippen LogP contribution in [0.1, 0.15) is 88.2 Å². The number of carboxylic acid groups (broad SMARTS) is 1. The average molecular weight is 557 g/mol. The van der Waals surface area contributed by atoms with Crippen LogP contribution in [0, 0.1) is 11.8 Å². The molecule has 0 saturated heterocycles. The van der Waals surface area contributed by atoms with Crippen LogP contribution in [0.4, 0.5) is 0 Å². The maximum absolute atomic E-state index is 11.9. The van der Waals surface area contributed by atoms with Gasteiger partial charge in [0.1, 0.15) is 11.9 Å². The molecule has 2 heterocycles. The van der Waals surface area contributed by atoms with E-state index in [4.69, 9.17) is 9.47 Å². The highest BCUT2D eigenvalue weighted by Crippen LogP contribution is 2.48. The van der Waals surface area contributed by atoms with E-state index in [1.807, 2.05) is 19.1 Å². The summed E-state index contributed by atoms with van der Waals surface area (Å²) < 4.78 is 12.2. The molecule has 0 bridgehead atoms. The summed E-state index contributed by atoms with van der Waals surface area (Å²) in [6.07, 6.45) is 5.77. The van der Waals surface area contributed by atoms with Gasteiger partial charge in [0.05, 0.1) is 13.0 Å². The van der Waals surface area contributed by atoms with Crippen LogP contribution in [0.5, 0.6) is 11.6 Å². The van der Waals surface area contributed by atoms with Crippen molar-refractivity contribution in [1.82, 2.24) is 9.88 Å². The molecule has 6 nitrogen and oxygen atoms in total. The molecular formula is C35H44N2O4. The lowest BCUT2D eigenvalue weighted by Gasteiger charge is -2.34. The summed E-state index contributed by atoms with van der Waals surface area (Å²) in [5.41, 5.74) is 6.98. The Labute approximate surface area is 244 Å². The first-order valence-corrected chi connectivity index (χ1v) is 15.1. The number of methoxy groups -OCH3 is 1. The molecule has 2 unspecified atom stereocenters. The summed E-state index contributed by atoms with van der Waals surface area (Å²) >= 11 is 0. The first-order chi connectivity index (χ1) is 19.7. The van der Waals surface area contributed by atoms with Gasteiger partial charge in [-0.25, -0.2) is 4.98 Å². The van der Waals surface area contributed by atoms with Gasteiger partial charge in [-0.2, -0.15) is 0 Å². The maximum atomic E-state index is 11.9. The van der Waals surface area contributed by atoms with E-state index in [-0.39, 0.29) is 12.0 Å². The van der Waals surface area contributed by atoms with Crippen LogP contribution >= 0.6 is 0 Å². The number of aromatic nitrogens is 1. The van der Waals surface area contributed by atoms with Crippen LogP contribution in [0.3, 0.4) is 0 Å². The lowest BCUT2D eigenvalue weighted by molar-refractivity contribution is -0.142. The number of aliphatic carboxylic acids is 1. The number of ether oxygens (including phenoxy) is 2. The molecule has 2 aromatic carbocycles. The standard InChI is InChI=1S/C35H44N2O4/c1-21(2)37(22(3)4)20-29-17-26(27-15-16-36-33(19-27)40-6)11-13-30(29)31-14-12-24-7-10-28(18-32(24)41-31)34(25-8-9-25)23(5)35(38)39/h7,10-11,13,15-19,21-23,25,31,34H,8-9,12,14,20H2,1-6H3,(H,38,39)/t23-,31?,34?/m0/s1. The summed E-state index contributed by atoms with van der Waals surface area (Å²) in [6.45, 7) is 11.7. The van der Waals surface area contributed by atoms with Gasteiger partial charge in [-0.05, 0) is 117 Å². The Kier molecular flexibility index (Phi) is 8.69. The van der Waals surface area contributed by atoms with E-state index in [1.165, 1.54) is 16.7 Å². The predicted octanol–water partition coefficient (Wildman–Crippen LogP) is 7.66. The molecule has 3 atom stereocenters. The molecule has 6 heteroatoms. The van der Waals surface area contributed by atoms with Crippen molar-refractivity contribution in [3.63, 3.8) is 0 Å². The molecule has 41 heavy (non-hydrogen) atoms. The molecule has 0 radical (unpaired) electrons. The van der Waals surface area contributed by atoms with E-state index in [0.29, 0.717) is 23.9 Å².